The molecule has 0 radical (unpaired) electrons. The van der Waals surface area contributed by atoms with E-state index in [2.05, 4.69) is 5.32 Å². The first-order valence-electron chi connectivity index (χ1n) is 3.18. The molecule has 0 unspecified atom stereocenters. The van der Waals surface area contributed by atoms with Crippen molar-refractivity contribution in [3.05, 3.63) is 11.8 Å². The van der Waals surface area contributed by atoms with Gasteiger partial charge in [0.15, 0.2) is 0 Å². The van der Waals surface area contributed by atoms with Gasteiger partial charge in [-0.2, -0.15) is 0 Å². The second kappa shape index (κ2) is 4.49. The Balaban J connectivity index is 3.81. The topological polar surface area (TPSA) is 66.4 Å². The number of carbonyl (C=O) groups excluding carboxylic acids is 1. The van der Waals surface area contributed by atoms with Gasteiger partial charge < -0.3 is 10.4 Å². The van der Waals surface area contributed by atoms with E-state index in [0.29, 0.717) is 5.70 Å². The summed E-state index contributed by atoms with van der Waals surface area (Å²) in [6, 6.07) is 0. The standard InChI is InChI=1S/C7H11NO3/c1-5(8-6(2)9)3-4-7(10)11/h3H,4H2,1-2H3,(H,8,9)(H,10,11)/b5-3+. The zero-order chi connectivity index (χ0) is 8.85. The summed E-state index contributed by atoms with van der Waals surface area (Å²) >= 11 is 0. The highest BCUT2D eigenvalue weighted by molar-refractivity contribution is 5.75. The molecule has 62 valence electrons. The van der Waals surface area contributed by atoms with Crippen LogP contribution in [-0.4, -0.2) is 17.0 Å². The monoisotopic (exact) mass is 157 g/mol. The number of carboxylic acids is 1. The molecule has 4 nitrogen and oxygen atoms in total. The highest BCUT2D eigenvalue weighted by atomic mass is 16.4. The molecule has 4 heteroatoms. The molecule has 0 bridgehead atoms. The van der Waals surface area contributed by atoms with Crippen LogP contribution in [0.3, 0.4) is 0 Å². The first kappa shape index (κ1) is 9.68. The Bertz CT molecular complexity index is 196. The average molecular weight is 157 g/mol. The first-order chi connectivity index (χ1) is 5.02. The van der Waals surface area contributed by atoms with E-state index in [1.54, 1.807) is 6.92 Å². The van der Waals surface area contributed by atoms with E-state index in [4.69, 9.17) is 5.11 Å². The minimum Gasteiger partial charge on any atom is -0.481 e. The van der Waals surface area contributed by atoms with Crippen molar-refractivity contribution < 1.29 is 14.7 Å². The quantitative estimate of drug-likeness (QED) is 0.627. The van der Waals surface area contributed by atoms with Crippen molar-refractivity contribution in [2.75, 3.05) is 0 Å². The molecule has 0 aliphatic carbocycles. The maximum Gasteiger partial charge on any atom is 0.307 e. The van der Waals surface area contributed by atoms with Crippen molar-refractivity contribution in [2.45, 2.75) is 20.3 Å². The molecule has 0 aromatic carbocycles. The minimum absolute atomic E-state index is 0.0634. The fourth-order valence-corrected chi connectivity index (χ4v) is 0.569. The minimum atomic E-state index is -0.908. The summed E-state index contributed by atoms with van der Waals surface area (Å²) in [4.78, 5) is 20.4. The van der Waals surface area contributed by atoms with Gasteiger partial charge in [-0.3, -0.25) is 9.59 Å². The van der Waals surface area contributed by atoms with Crippen molar-refractivity contribution in [2.24, 2.45) is 0 Å². The van der Waals surface area contributed by atoms with E-state index in [1.807, 2.05) is 0 Å². The van der Waals surface area contributed by atoms with Gasteiger partial charge in [-0.1, -0.05) is 6.08 Å². The van der Waals surface area contributed by atoms with Crippen LogP contribution in [0.25, 0.3) is 0 Å². The summed E-state index contributed by atoms with van der Waals surface area (Å²) in [5.74, 6) is -1.10. The second-order valence-corrected chi connectivity index (χ2v) is 2.17. The van der Waals surface area contributed by atoms with Crippen molar-refractivity contribution in [3.8, 4) is 0 Å². The van der Waals surface area contributed by atoms with E-state index in [1.165, 1.54) is 13.0 Å². The lowest BCUT2D eigenvalue weighted by Crippen LogP contribution is -2.17. The molecule has 0 aliphatic rings. The molecule has 0 saturated carbocycles. The van der Waals surface area contributed by atoms with Gasteiger partial charge in [-0.05, 0) is 6.92 Å². The van der Waals surface area contributed by atoms with Crippen molar-refractivity contribution in [3.63, 3.8) is 0 Å². The molecule has 0 rings (SSSR count). The fourth-order valence-electron chi connectivity index (χ4n) is 0.569. The SMILES string of the molecule is CC(=O)N/C(C)=C/CC(=O)O. The van der Waals surface area contributed by atoms with Gasteiger partial charge >= 0.3 is 5.97 Å². The third-order valence-corrected chi connectivity index (χ3v) is 0.956. The average Bonchev–Trinajstić information content (AvgIpc) is 1.82. The number of carbonyl (C=O) groups is 2. The third kappa shape index (κ3) is 6.57. The largest absolute Gasteiger partial charge is 0.481 e. The van der Waals surface area contributed by atoms with E-state index in [-0.39, 0.29) is 12.3 Å². The smallest absolute Gasteiger partial charge is 0.307 e. The van der Waals surface area contributed by atoms with Crippen LogP contribution in [0.4, 0.5) is 0 Å². The summed E-state index contributed by atoms with van der Waals surface area (Å²) in [5, 5.41) is 10.7. The molecule has 0 aliphatic heterocycles. The molecule has 1 amide bonds. The van der Waals surface area contributed by atoms with Crippen molar-refractivity contribution in [1.82, 2.24) is 5.32 Å². The molecule has 0 fully saturated rings. The van der Waals surface area contributed by atoms with Crippen LogP contribution in [0.15, 0.2) is 11.8 Å². The zero-order valence-corrected chi connectivity index (χ0v) is 6.55. The Labute approximate surface area is 64.9 Å². The second-order valence-electron chi connectivity index (χ2n) is 2.17. The Hall–Kier alpha value is -1.32. The van der Waals surface area contributed by atoms with Gasteiger partial charge in [0.05, 0.1) is 6.42 Å². The molecule has 0 atom stereocenters. The Morgan fingerprint density at radius 2 is 2.00 bits per heavy atom. The van der Waals surface area contributed by atoms with Crippen LogP contribution < -0.4 is 5.32 Å². The fraction of sp³-hybridized carbons (Fsp3) is 0.429. The van der Waals surface area contributed by atoms with Crippen LogP contribution >= 0.6 is 0 Å². The lowest BCUT2D eigenvalue weighted by molar-refractivity contribution is -0.136. The van der Waals surface area contributed by atoms with Gasteiger partial charge in [0, 0.05) is 12.6 Å². The van der Waals surface area contributed by atoms with Gasteiger partial charge in [0.1, 0.15) is 0 Å². The van der Waals surface area contributed by atoms with Gasteiger partial charge in [-0.25, -0.2) is 0 Å². The van der Waals surface area contributed by atoms with Crippen LogP contribution in [0.5, 0.6) is 0 Å². The molecular formula is C7H11NO3. The summed E-state index contributed by atoms with van der Waals surface area (Å²) < 4.78 is 0. The molecule has 0 aromatic heterocycles. The lowest BCUT2D eigenvalue weighted by atomic mass is 10.3. The van der Waals surface area contributed by atoms with E-state index >= 15 is 0 Å². The molecular weight excluding hydrogens is 146 g/mol. The number of hydrogen-bond acceptors (Lipinski definition) is 2. The van der Waals surface area contributed by atoms with E-state index in [0.717, 1.165) is 0 Å². The number of nitrogens with one attached hydrogen (secondary N) is 1. The highest BCUT2D eigenvalue weighted by Gasteiger charge is 1.94. The van der Waals surface area contributed by atoms with Crippen molar-refractivity contribution >= 4 is 11.9 Å². The molecule has 0 spiro atoms. The maximum atomic E-state index is 10.4. The Morgan fingerprint density at radius 1 is 1.45 bits per heavy atom. The maximum absolute atomic E-state index is 10.4. The molecule has 0 saturated heterocycles. The summed E-state index contributed by atoms with van der Waals surface area (Å²) in [6.07, 6.45) is 1.38. The number of aliphatic carboxylic acids is 1. The summed E-state index contributed by atoms with van der Waals surface area (Å²) in [6.45, 7) is 3.02. The summed E-state index contributed by atoms with van der Waals surface area (Å²) in [7, 11) is 0. The van der Waals surface area contributed by atoms with Crippen LogP contribution in [0.2, 0.25) is 0 Å². The number of rotatable bonds is 3. The van der Waals surface area contributed by atoms with Gasteiger partial charge in [-0.15, -0.1) is 0 Å². The van der Waals surface area contributed by atoms with Crippen LogP contribution in [-0.2, 0) is 9.59 Å². The van der Waals surface area contributed by atoms with E-state index < -0.39 is 5.97 Å². The number of allylic oxidation sites excluding steroid dienone is 1. The molecule has 2 N–H and O–H groups in total. The predicted molar refractivity (Wildman–Crippen MR) is 39.8 cm³/mol. The van der Waals surface area contributed by atoms with Gasteiger partial charge in [0.25, 0.3) is 0 Å². The highest BCUT2D eigenvalue weighted by Crippen LogP contribution is 1.90. The Kier molecular flexibility index (Phi) is 3.95. The molecule has 0 heterocycles. The Morgan fingerprint density at radius 3 is 2.36 bits per heavy atom. The van der Waals surface area contributed by atoms with Gasteiger partial charge in [0.2, 0.25) is 5.91 Å². The van der Waals surface area contributed by atoms with Crippen LogP contribution in [0.1, 0.15) is 20.3 Å². The number of amides is 1. The van der Waals surface area contributed by atoms with Crippen molar-refractivity contribution in [1.29, 1.82) is 0 Å². The van der Waals surface area contributed by atoms with E-state index in [9.17, 15) is 9.59 Å². The number of hydrogen-bond donors (Lipinski definition) is 2. The normalized spacial score (nSPS) is 10.9. The zero-order valence-electron chi connectivity index (χ0n) is 6.55. The molecule has 11 heavy (non-hydrogen) atoms. The lowest BCUT2D eigenvalue weighted by Gasteiger charge is -1.98. The first-order valence-corrected chi connectivity index (χ1v) is 3.18. The molecule has 0 aromatic rings. The third-order valence-electron chi connectivity index (χ3n) is 0.956. The summed E-state index contributed by atoms with van der Waals surface area (Å²) in [5.41, 5.74) is 0.569. The number of carboxylic acid groups (broad SMARTS) is 1. The predicted octanol–water partition coefficient (Wildman–Crippen LogP) is 0.501. The van der Waals surface area contributed by atoms with Crippen LogP contribution in [0, 0.1) is 0 Å².